The van der Waals surface area contributed by atoms with Crippen LogP contribution in [-0.4, -0.2) is 32.1 Å². The Morgan fingerprint density at radius 2 is 1.52 bits per heavy atom. The van der Waals surface area contributed by atoms with Gasteiger partial charge in [-0.25, -0.2) is 4.79 Å². The first-order valence-corrected chi connectivity index (χ1v) is 10.9. The second-order valence-electron chi connectivity index (χ2n) is 6.66. The molecule has 3 aromatic carbocycles. The third kappa shape index (κ3) is 5.67. The van der Waals surface area contributed by atoms with E-state index in [4.69, 9.17) is 0 Å². The van der Waals surface area contributed by atoms with E-state index in [0.717, 1.165) is 33.4 Å². The lowest BCUT2D eigenvalue weighted by Gasteiger charge is -2.15. The third-order valence-electron chi connectivity index (χ3n) is 4.44. The van der Waals surface area contributed by atoms with E-state index < -0.39 is 16.0 Å². The molecule has 0 spiro atoms. The number of hydrazone groups is 1. The molecule has 0 aliphatic heterocycles. The molecule has 158 valence electrons. The van der Waals surface area contributed by atoms with Gasteiger partial charge in [0.05, 0.1) is 18.2 Å². The number of hydrogen-bond donors (Lipinski definition) is 0. The summed E-state index contributed by atoms with van der Waals surface area (Å²) in [6, 6.07) is 23.8. The predicted octanol–water partition coefficient (Wildman–Crippen LogP) is 4.37. The van der Waals surface area contributed by atoms with Gasteiger partial charge in [0.25, 0.3) is 10.0 Å². The Bertz CT molecular complexity index is 1180. The standard InChI is InChI=1S/C24H22N2O4S/c1-19-8-14-23(15-9-19)31(28,29)26(17-16-24(27)30-2)25-18-20-10-12-22(13-11-20)21-6-4-3-5-7-21/h3-18H,1-2H3/b17-16+,25-18+. The second-order valence-corrected chi connectivity index (χ2v) is 8.46. The van der Waals surface area contributed by atoms with Crippen LogP contribution in [0.3, 0.4) is 0 Å². The van der Waals surface area contributed by atoms with Crippen molar-refractivity contribution in [2.75, 3.05) is 7.11 Å². The Labute approximate surface area is 182 Å². The van der Waals surface area contributed by atoms with Gasteiger partial charge in [-0.15, -0.1) is 0 Å². The summed E-state index contributed by atoms with van der Waals surface area (Å²) < 4.78 is 31.3. The van der Waals surface area contributed by atoms with Crippen LogP contribution in [0.5, 0.6) is 0 Å². The quantitative estimate of drug-likeness (QED) is 0.239. The molecule has 0 aliphatic carbocycles. The first kappa shape index (κ1) is 22.0. The highest BCUT2D eigenvalue weighted by atomic mass is 32.2. The molecule has 0 heterocycles. The van der Waals surface area contributed by atoms with Gasteiger partial charge in [0.2, 0.25) is 0 Å². The SMILES string of the molecule is COC(=O)/C=C/N(/N=C/c1ccc(-c2ccccc2)cc1)S(=O)(=O)c1ccc(C)cc1. The molecule has 31 heavy (non-hydrogen) atoms. The summed E-state index contributed by atoms with van der Waals surface area (Å²) in [7, 11) is -2.79. The van der Waals surface area contributed by atoms with E-state index in [1.54, 1.807) is 12.1 Å². The van der Waals surface area contributed by atoms with E-state index in [-0.39, 0.29) is 4.90 Å². The maximum absolute atomic E-state index is 13.0. The lowest BCUT2D eigenvalue weighted by molar-refractivity contribution is -0.134. The highest BCUT2D eigenvalue weighted by molar-refractivity contribution is 7.89. The van der Waals surface area contributed by atoms with Crippen LogP contribution >= 0.6 is 0 Å². The van der Waals surface area contributed by atoms with Crippen molar-refractivity contribution < 1.29 is 17.9 Å². The molecule has 0 atom stereocenters. The van der Waals surface area contributed by atoms with E-state index in [1.165, 1.54) is 25.5 Å². The van der Waals surface area contributed by atoms with Gasteiger partial charge in [-0.05, 0) is 35.7 Å². The van der Waals surface area contributed by atoms with Crippen molar-refractivity contribution in [3.8, 4) is 11.1 Å². The Balaban J connectivity index is 1.89. The Morgan fingerprint density at radius 3 is 2.13 bits per heavy atom. The number of benzene rings is 3. The van der Waals surface area contributed by atoms with Crippen LogP contribution in [0.2, 0.25) is 0 Å². The summed E-state index contributed by atoms with van der Waals surface area (Å²) in [5.41, 5.74) is 3.75. The van der Waals surface area contributed by atoms with Crippen LogP contribution in [-0.2, 0) is 19.6 Å². The number of rotatable bonds is 7. The summed E-state index contributed by atoms with van der Waals surface area (Å²) in [5.74, 6) is -0.688. The molecule has 0 N–H and O–H groups in total. The van der Waals surface area contributed by atoms with Crippen LogP contribution in [0.25, 0.3) is 11.1 Å². The molecule has 0 amide bonds. The molecule has 0 fully saturated rings. The minimum absolute atomic E-state index is 0.0594. The maximum Gasteiger partial charge on any atom is 0.332 e. The molecule has 0 saturated carbocycles. The fourth-order valence-corrected chi connectivity index (χ4v) is 3.80. The molecular formula is C24H22N2O4S. The van der Waals surface area contributed by atoms with Gasteiger partial charge in [-0.2, -0.15) is 17.9 Å². The highest BCUT2D eigenvalue weighted by Gasteiger charge is 2.21. The van der Waals surface area contributed by atoms with Crippen molar-refractivity contribution in [2.24, 2.45) is 5.10 Å². The molecule has 0 radical (unpaired) electrons. The monoisotopic (exact) mass is 434 g/mol. The summed E-state index contributed by atoms with van der Waals surface area (Å²) in [6.07, 6.45) is 3.49. The summed E-state index contributed by atoms with van der Waals surface area (Å²) in [5, 5.41) is 4.10. The normalized spacial score (nSPS) is 11.7. The summed E-state index contributed by atoms with van der Waals surface area (Å²) >= 11 is 0. The van der Waals surface area contributed by atoms with E-state index >= 15 is 0 Å². The minimum atomic E-state index is -4.00. The molecule has 3 rings (SSSR count). The molecule has 6 nitrogen and oxygen atoms in total. The maximum atomic E-state index is 13.0. The number of esters is 1. The summed E-state index contributed by atoms with van der Waals surface area (Å²) in [6.45, 7) is 1.86. The van der Waals surface area contributed by atoms with Gasteiger partial charge in [0.15, 0.2) is 0 Å². The average molecular weight is 435 g/mol. The van der Waals surface area contributed by atoms with Gasteiger partial charge in [0, 0.05) is 12.3 Å². The van der Waals surface area contributed by atoms with Crippen LogP contribution in [0.15, 0.2) is 101 Å². The predicted molar refractivity (Wildman–Crippen MR) is 121 cm³/mol. The largest absolute Gasteiger partial charge is 0.466 e. The van der Waals surface area contributed by atoms with Crippen molar-refractivity contribution in [1.82, 2.24) is 4.41 Å². The van der Waals surface area contributed by atoms with Gasteiger partial charge < -0.3 is 4.74 Å². The third-order valence-corrected chi connectivity index (χ3v) is 6.02. The number of sulfonamides is 1. The highest BCUT2D eigenvalue weighted by Crippen LogP contribution is 2.20. The average Bonchev–Trinajstić information content (AvgIpc) is 2.80. The Kier molecular flexibility index (Phi) is 6.99. The Morgan fingerprint density at radius 1 is 0.903 bits per heavy atom. The van der Waals surface area contributed by atoms with Crippen molar-refractivity contribution in [2.45, 2.75) is 11.8 Å². The van der Waals surface area contributed by atoms with Crippen molar-refractivity contribution in [3.63, 3.8) is 0 Å². The zero-order valence-electron chi connectivity index (χ0n) is 17.2. The lowest BCUT2D eigenvalue weighted by atomic mass is 10.0. The first-order chi connectivity index (χ1) is 14.9. The minimum Gasteiger partial charge on any atom is -0.466 e. The molecule has 0 aromatic heterocycles. The lowest BCUT2D eigenvalue weighted by Crippen LogP contribution is -2.21. The van der Waals surface area contributed by atoms with Crippen LogP contribution < -0.4 is 0 Å². The molecule has 0 bridgehead atoms. The number of aryl methyl sites for hydroxylation is 1. The first-order valence-electron chi connectivity index (χ1n) is 9.47. The topological polar surface area (TPSA) is 76.0 Å². The fourth-order valence-electron chi connectivity index (χ4n) is 2.71. The van der Waals surface area contributed by atoms with Crippen molar-refractivity contribution in [1.29, 1.82) is 0 Å². The summed E-state index contributed by atoms with van der Waals surface area (Å²) in [4.78, 5) is 11.5. The number of methoxy groups -OCH3 is 1. The second kappa shape index (κ2) is 9.86. The van der Waals surface area contributed by atoms with Gasteiger partial charge >= 0.3 is 5.97 Å². The van der Waals surface area contributed by atoms with Crippen LogP contribution in [0.4, 0.5) is 0 Å². The smallest absolute Gasteiger partial charge is 0.332 e. The van der Waals surface area contributed by atoms with Gasteiger partial charge in [-0.1, -0.05) is 72.3 Å². The van der Waals surface area contributed by atoms with E-state index in [2.05, 4.69) is 9.84 Å². The van der Waals surface area contributed by atoms with Gasteiger partial charge in [0.1, 0.15) is 0 Å². The van der Waals surface area contributed by atoms with Crippen LogP contribution in [0, 0.1) is 6.92 Å². The molecule has 3 aromatic rings. The fraction of sp³-hybridized carbons (Fsp3) is 0.0833. The zero-order chi connectivity index (χ0) is 22.3. The number of hydrogen-bond acceptors (Lipinski definition) is 5. The Hall–Kier alpha value is -3.71. The van der Waals surface area contributed by atoms with E-state index in [0.29, 0.717) is 5.56 Å². The van der Waals surface area contributed by atoms with Crippen molar-refractivity contribution in [3.05, 3.63) is 102 Å². The number of carbonyl (C=O) groups is 1. The van der Waals surface area contributed by atoms with E-state index in [1.807, 2.05) is 61.5 Å². The van der Waals surface area contributed by atoms with Crippen molar-refractivity contribution >= 4 is 22.2 Å². The molecule has 0 unspecified atom stereocenters. The zero-order valence-corrected chi connectivity index (χ0v) is 18.0. The molecule has 0 saturated heterocycles. The van der Waals surface area contributed by atoms with Gasteiger partial charge in [-0.3, -0.25) is 0 Å². The van der Waals surface area contributed by atoms with E-state index in [9.17, 15) is 13.2 Å². The number of ether oxygens (including phenoxy) is 1. The number of nitrogens with zero attached hydrogens (tertiary/aromatic N) is 2. The van der Waals surface area contributed by atoms with Crippen LogP contribution in [0.1, 0.15) is 11.1 Å². The molecule has 0 aliphatic rings. The molecular weight excluding hydrogens is 412 g/mol. The number of carbonyl (C=O) groups excluding carboxylic acids is 1. The molecule has 7 heteroatoms.